The van der Waals surface area contributed by atoms with E-state index >= 15 is 0 Å². The lowest BCUT2D eigenvalue weighted by Gasteiger charge is -2.19. The monoisotopic (exact) mass is 472 g/mol. The SMILES string of the molecule is CCc1ccc(N2C[C@H](C(=O)Oc3cccc(N4C(=O)[C@@H]5[C@H]6CC[C@@H](C6)[C@@H]5C4=O)c3)CC2=O)cc1. The Labute approximate surface area is 204 Å². The van der Waals surface area contributed by atoms with E-state index in [1.165, 1.54) is 10.5 Å². The van der Waals surface area contributed by atoms with Gasteiger partial charge in [-0.2, -0.15) is 0 Å². The Morgan fingerprint density at radius 1 is 0.943 bits per heavy atom. The molecule has 0 radical (unpaired) electrons. The van der Waals surface area contributed by atoms with Gasteiger partial charge in [-0.25, -0.2) is 4.90 Å². The van der Waals surface area contributed by atoms with Gasteiger partial charge in [-0.1, -0.05) is 25.1 Å². The van der Waals surface area contributed by atoms with E-state index in [0.29, 0.717) is 17.5 Å². The van der Waals surface area contributed by atoms with Gasteiger partial charge in [0.1, 0.15) is 5.75 Å². The number of aryl methyl sites for hydroxylation is 1. The second kappa shape index (κ2) is 8.33. The smallest absolute Gasteiger partial charge is 0.316 e. The quantitative estimate of drug-likeness (QED) is 0.376. The third-order valence-electron chi connectivity index (χ3n) is 8.34. The van der Waals surface area contributed by atoms with Crippen LogP contribution >= 0.6 is 0 Å². The molecule has 35 heavy (non-hydrogen) atoms. The molecule has 2 bridgehead atoms. The molecule has 3 amide bonds. The summed E-state index contributed by atoms with van der Waals surface area (Å²) >= 11 is 0. The van der Waals surface area contributed by atoms with E-state index in [0.717, 1.165) is 31.4 Å². The number of imide groups is 1. The molecule has 2 aliphatic heterocycles. The Morgan fingerprint density at radius 3 is 2.29 bits per heavy atom. The molecular formula is C28H28N2O5. The van der Waals surface area contributed by atoms with Crippen LogP contribution in [0, 0.1) is 29.6 Å². The van der Waals surface area contributed by atoms with Gasteiger partial charge in [0, 0.05) is 24.7 Å². The molecule has 4 aliphatic rings. The molecule has 4 fully saturated rings. The lowest BCUT2D eigenvalue weighted by molar-refractivity contribution is -0.139. The fraction of sp³-hybridized carbons (Fsp3) is 0.429. The van der Waals surface area contributed by atoms with Crippen LogP contribution in [0.1, 0.15) is 38.2 Å². The lowest BCUT2D eigenvalue weighted by Crippen LogP contribution is -2.32. The summed E-state index contributed by atoms with van der Waals surface area (Å²) in [4.78, 5) is 54.7. The molecule has 2 saturated carbocycles. The van der Waals surface area contributed by atoms with Crippen molar-refractivity contribution in [2.45, 2.75) is 39.0 Å². The number of carbonyl (C=O) groups is 4. The minimum Gasteiger partial charge on any atom is -0.426 e. The maximum Gasteiger partial charge on any atom is 0.316 e. The van der Waals surface area contributed by atoms with E-state index in [1.54, 1.807) is 29.2 Å². The van der Waals surface area contributed by atoms with Gasteiger partial charge in [-0.05, 0) is 67.3 Å². The number of rotatable bonds is 5. The van der Waals surface area contributed by atoms with Crippen LogP contribution in [0.2, 0.25) is 0 Å². The third-order valence-corrected chi connectivity index (χ3v) is 8.34. The van der Waals surface area contributed by atoms with E-state index in [-0.39, 0.29) is 48.3 Å². The maximum atomic E-state index is 13.1. The first-order valence-corrected chi connectivity index (χ1v) is 12.5. The van der Waals surface area contributed by atoms with Crippen molar-refractivity contribution in [3.05, 3.63) is 54.1 Å². The number of hydrogen-bond donors (Lipinski definition) is 0. The second-order valence-corrected chi connectivity index (χ2v) is 10.2. The minimum absolute atomic E-state index is 0.0866. The third kappa shape index (κ3) is 3.56. The Bertz CT molecular complexity index is 1190. The number of hydrogen-bond acceptors (Lipinski definition) is 5. The van der Waals surface area contributed by atoms with Crippen molar-refractivity contribution in [1.82, 2.24) is 0 Å². The highest BCUT2D eigenvalue weighted by molar-refractivity contribution is 6.22. The highest BCUT2D eigenvalue weighted by Crippen LogP contribution is 2.56. The highest BCUT2D eigenvalue weighted by Gasteiger charge is 2.61. The number of esters is 1. The van der Waals surface area contributed by atoms with Gasteiger partial charge in [0.2, 0.25) is 17.7 Å². The molecule has 180 valence electrons. The number of ether oxygens (including phenoxy) is 1. The minimum atomic E-state index is -0.581. The predicted molar refractivity (Wildman–Crippen MR) is 129 cm³/mol. The number of benzene rings is 2. The van der Waals surface area contributed by atoms with Crippen LogP contribution in [-0.4, -0.2) is 30.2 Å². The molecule has 2 saturated heterocycles. The van der Waals surface area contributed by atoms with Gasteiger partial charge in [-0.3, -0.25) is 19.2 Å². The van der Waals surface area contributed by atoms with Gasteiger partial charge in [0.25, 0.3) is 0 Å². The van der Waals surface area contributed by atoms with Crippen LogP contribution in [0.5, 0.6) is 5.75 Å². The molecule has 7 nitrogen and oxygen atoms in total. The summed E-state index contributed by atoms with van der Waals surface area (Å²) < 4.78 is 5.62. The summed E-state index contributed by atoms with van der Waals surface area (Å²) in [5, 5.41) is 0. The van der Waals surface area contributed by atoms with Crippen molar-refractivity contribution in [3.8, 4) is 5.75 Å². The van der Waals surface area contributed by atoms with Gasteiger partial charge >= 0.3 is 5.97 Å². The van der Waals surface area contributed by atoms with Gasteiger partial charge in [-0.15, -0.1) is 0 Å². The van der Waals surface area contributed by atoms with Crippen molar-refractivity contribution in [2.75, 3.05) is 16.3 Å². The predicted octanol–water partition coefficient (Wildman–Crippen LogP) is 3.74. The van der Waals surface area contributed by atoms with Crippen LogP contribution in [0.4, 0.5) is 11.4 Å². The molecule has 2 heterocycles. The summed E-state index contributed by atoms with van der Waals surface area (Å²) in [7, 11) is 0. The summed E-state index contributed by atoms with van der Waals surface area (Å²) in [6.45, 7) is 2.33. The number of anilines is 2. The largest absolute Gasteiger partial charge is 0.426 e. The van der Waals surface area contributed by atoms with Crippen molar-refractivity contribution >= 4 is 35.1 Å². The average molecular weight is 473 g/mol. The topological polar surface area (TPSA) is 84.0 Å². The molecule has 0 unspecified atom stereocenters. The molecule has 6 rings (SSSR count). The van der Waals surface area contributed by atoms with E-state index in [4.69, 9.17) is 4.74 Å². The van der Waals surface area contributed by atoms with Gasteiger partial charge in [0.15, 0.2) is 0 Å². The molecule has 5 atom stereocenters. The summed E-state index contributed by atoms with van der Waals surface area (Å²) in [6, 6.07) is 14.4. The van der Waals surface area contributed by atoms with Crippen molar-refractivity contribution < 1.29 is 23.9 Å². The first-order valence-electron chi connectivity index (χ1n) is 12.5. The zero-order valence-corrected chi connectivity index (χ0v) is 19.7. The van der Waals surface area contributed by atoms with Crippen LogP contribution in [0.15, 0.2) is 48.5 Å². The molecule has 2 aromatic rings. The van der Waals surface area contributed by atoms with Crippen LogP contribution in [0.3, 0.4) is 0 Å². The van der Waals surface area contributed by atoms with Crippen LogP contribution < -0.4 is 14.5 Å². The summed E-state index contributed by atoms with van der Waals surface area (Å²) in [6.07, 6.45) is 4.03. The molecule has 2 aliphatic carbocycles. The Morgan fingerprint density at radius 2 is 1.63 bits per heavy atom. The van der Waals surface area contributed by atoms with Crippen LogP contribution in [0.25, 0.3) is 0 Å². The second-order valence-electron chi connectivity index (χ2n) is 10.2. The lowest BCUT2D eigenvalue weighted by atomic mass is 9.81. The molecule has 0 aromatic heterocycles. The normalized spacial score (nSPS) is 29.3. The number of carbonyl (C=O) groups excluding carboxylic acids is 4. The fourth-order valence-electron chi connectivity index (χ4n) is 6.58. The van der Waals surface area contributed by atoms with Gasteiger partial charge in [0.05, 0.1) is 23.4 Å². The molecule has 2 aromatic carbocycles. The first kappa shape index (κ1) is 22.0. The molecule has 0 spiro atoms. The van der Waals surface area contributed by atoms with Crippen molar-refractivity contribution in [3.63, 3.8) is 0 Å². The zero-order chi connectivity index (χ0) is 24.3. The van der Waals surface area contributed by atoms with Crippen LogP contribution in [-0.2, 0) is 25.6 Å². The van der Waals surface area contributed by atoms with E-state index in [1.807, 2.05) is 24.3 Å². The Kier molecular flexibility index (Phi) is 5.24. The van der Waals surface area contributed by atoms with E-state index in [9.17, 15) is 19.2 Å². The molecular weight excluding hydrogens is 444 g/mol. The highest BCUT2D eigenvalue weighted by atomic mass is 16.5. The Hall–Kier alpha value is -3.48. The number of amides is 3. The maximum absolute atomic E-state index is 13.1. The standard InChI is InChI=1S/C28H28N2O5/c1-2-16-6-10-20(11-7-16)29-15-19(13-23(29)31)28(34)35-22-5-3-4-21(14-22)30-26(32)24-17-8-9-18(12-17)25(24)27(30)33/h3-7,10-11,14,17-19,24-25H,2,8-9,12-13,15H2,1H3/t17-,18-,19+,24-,25+/m0/s1. The first-order chi connectivity index (χ1) is 16.9. The number of nitrogens with zero attached hydrogens (tertiary/aromatic N) is 2. The molecule has 7 heteroatoms. The average Bonchev–Trinajstić information content (AvgIpc) is 3.63. The van der Waals surface area contributed by atoms with E-state index < -0.39 is 11.9 Å². The Balaban J connectivity index is 1.15. The zero-order valence-electron chi connectivity index (χ0n) is 19.7. The fourth-order valence-corrected chi connectivity index (χ4v) is 6.58. The number of fused-ring (bicyclic) bond motifs is 5. The van der Waals surface area contributed by atoms with E-state index in [2.05, 4.69) is 6.92 Å². The van der Waals surface area contributed by atoms with Gasteiger partial charge < -0.3 is 9.64 Å². The van der Waals surface area contributed by atoms with Crippen molar-refractivity contribution in [1.29, 1.82) is 0 Å². The molecule has 0 N–H and O–H groups in total. The van der Waals surface area contributed by atoms with Crippen molar-refractivity contribution in [2.24, 2.45) is 29.6 Å². The summed E-state index contributed by atoms with van der Waals surface area (Å²) in [5.41, 5.74) is 2.40. The summed E-state index contributed by atoms with van der Waals surface area (Å²) in [5.74, 6) is -0.931.